The molecule has 10 aromatic rings. The van der Waals surface area contributed by atoms with Crippen molar-refractivity contribution in [2.45, 2.75) is 202 Å². The van der Waals surface area contributed by atoms with Crippen LogP contribution in [0.4, 0.5) is 45.7 Å². The molecule has 2 aliphatic carbocycles. The molecule has 4 aliphatic rings. The third-order valence-corrected chi connectivity index (χ3v) is 22.1. The van der Waals surface area contributed by atoms with Crippen LogP contribution in [-0.2, 0) is 37.9 Å². The third-order valence-electron chi connectivity index (χ3n) is 22.1. The highest BCUT2D eigenvalue weighted by Gasteiger charge is 2.51. The van der Waals surface area contributed by atoms with Crippen LogP contribution in [0.25, 0.3) is 44.3 Å². The Morgan fingerprint density at radius 2 is 0.924 bits per heavy atom. The molecule has 2 aliphatic heterocycles. The Balaban J connectivity index is 1.15. The molecule has 9 aromatic carbocycles. The average molecular weight is 1210 g/mol. The first-order valence-electron chi connectivity index (χ1n) is 34.2. The van der Waals surface area contributed by atoms with E-state index in [1.165, 1.54) is 117 Å². The lowest BCUT2D eigenvalue weighted by molar-refractivity contribution is 0.332. The summed E-state index contributed by atoms with van der Waals surface area (Å²) in [6.07, 6.45) is 4.50. The van der Waals surface area contributed by atoms with Gasteiger partial charge >= 0.3 is 6.85 Å². The van der Waals surface area contributed by atoms with Crippen molar-refractivity contribution in [2.75, 3.05) is 14.6 Å². The second-order valence-electron chi connectivity index (χ2n) is 33.8. The summed E-state index contributed by atoms with van der Waals surface area (Å²) in [6.45, 7) is 47.1. The highest BCUT2D eigenvalue weighted by molar-refractivity contribution is 6.95. The molecule has 4 nitrogen and oxygen atoms in total. The molecule has 0 unspecified atom stereocenters. The monoisotopic (exact) mass is 1210 g/mol. The minimum atomic E-state index is -0.296. The van der Waals surface area contributed by atoms with Crippen molar-refractivity contribution < 1.29 is 4.42 Å². The minimum absolute atomic E-state index is 0.000148. The van der Waals surface area contributed by atoms with Gasteiger partial charge in [0.25, 0.3) is 0 Å². The summed E-state index contributed by atoms with van der Waals surface area (Å²) in [7, 11) is 0. The van der Waals surface area contributed by atoms with Crippen LogP contribution in [0.2, 0.25) is 0 Å². The van der Waals surface area contributed by atoms with Gasteiger partial charge in [-0.1, -0.05) is 202 Å². The smallest absolute Gasteiger partial charge is 0.337 e. The van der Waals surface area contributed by atoms with E-state index in [9.17, 15) is 0 Å². The van der Waals surface area contributed by atoms with Crippen molar-refractivity contribution in [3.05, 3.63) is 225 Å². The second-order valence-corrected chi connectivity index (χ2v) is 33.8. The van der Waals surface area contributed by atoms with E-state index in [4.69, 9.17) is 4.42 Å². The summed E-state index contributed by atoms with van der Waals surface area (Å²) in [5.74, 6) is 0.879. The van der Waals surface area contributed by atoms with Crippen LogP contribution in [0.5, 0.6) is 0 Å². The number of hydrogen-bond donors (Lipinski definition) is 0. The predicted molar refractivity (Wildman–Crippen MR) is 396 cm³/mol. The van der Waals surface area contributed by atoms with Crippen LogP contribution in [0, 0.1) is 20.8 Å². The molecule has 1 aromatic heterocycles. The Morgan fingerprint density at radius 1 is 0.413 bits per heavy atom. The standard InChI is InChI=1S/C87H96BN3O/c1-53-44-54(2)77(55(3)45-53)57-46-67-66-49-63(89(61-31-26-58(27-32-61)81(4,5)6)62-33-28-59(29-34-62)82(7,8)9)36-39-74(66)91(64-35-37-69-70(50-64)85(15,16)41-40-84(69,13)14)88-78(67)75(47-57)90(73-38-30-60(83(10,11)12)48-65(73)56-24-22-21-23-25-56)80-79(88)68-51-71-72(52-76(68)92-80)87(19,20)43-42-86(71,17)18/h21-39,44-52H,40-43H2,1-20H3. The van der Waals surface area contributed by atoms with Crippen molar-refractivity contribution in [1.82, 2.24) is 0 Å². The van der Waals surface area contributed by atoms with Crippen LogP contribution < -0.4 is 25.5 Å². The van der Waals surface area contributed by atoms with Crippen LogP contribution >= 0.6 is 0 Å². The van der Waals surface area contributed by atoms with E-state index in [-0.39, 0.29) is 44.8 Å². The zero-order chi connectivity index (χ0) is 65.3. The van der Waals surface area contributed by atoms with Crippen molar-refractivity contribution in [3.8, 4) is 33.4 Å². The molecule has 0 N–H and O–H groups in total. The molecule has 0 saturated carbocycles. The first-order valence-corrected chi connectivity index (χ1v) is 34.2. The average Bonchev–Trinajstić information content (AvgIpc) is 1.29. The van der Waals surface area contributed by atoms with Gasteiger partial charge in [-0.15, -0.1) is 0 Å². The number of aryl methyl sites for hydroxylation is 3. The first-order chi connectivity index (χ1) is 43.2. The number of anilines is 8. The Hall–Kier alpha value is -8.02. The fraction of sp³-hybridized carbons (Fsp3) is 0.356. The van der Waals surface area contributed by atoms with Gasteiger partial charge in [-0.25, -0.2) is 0 Å². The summed E-state index contributed by atoms with van der Waals surface area (Å²) in [4.78, 5) is 7.82. The molecule has 468 valence electrons. The molecular weight excluding hydrogens is 1110 g/mol. The fourth-order valence-electron chi connectivity index (χ4n) is 16.4. The Bertz CT molecular complexity index is 4530. The minimum Gasteiger partial charge on any atom is -0.440 e. The second kappa shape index (κ2) is 21.0. The Morgan fingerprint density at radius 3 is 1.49 bits per heavy atom. The molecule has 92 heavy (non-hydrogen) atoms. The van der Waals surface area contributed by atoms with Gasteiger partial charge in [-0.05, 0) is 253 Å². The molecule has 0 saturated heterocycles. The van der Waals surface area contributed by atoms with Gasteiger partial charge in [0.05, 0.1) is 5.69 Å². The normalized spacial score (nSPS) is 16.8. The molecule has 0 radical (unpaired) electrons. The lowest BCUT2D eigenvalue weighted by Gasteiger charge is -2.46. The SMILES string of the molecule is Cc1cc(C)c(-c2cc3c4c(c2)N(c2ccc(C(C)(C)C)cc2-c2ccccc2)c2oc5cc6c(cc5c2B4N(c2ccc4c(c2)C(C)(C)CCC4(C)C)c2ccc(N(c4ccc(C(C)(C)C)cc4)c4ccc(C(C)(C)C)cc4)cc2-3)C(C)(C)CCC6(C)C)c(C)c1. The van der Waals surface area contributed by atoms with E-state index < -0.39 is 0 Å². The fourth-order valence-corrected chi connectivity index (χ4v) is 16.4. The van der Waals surface area contributed by atoms with Crippen LogP contribution in [0.1, 0.15) is 199 Å². The topological polar surface area (TPSA) is 22.9 Å². The van der Waals surface area contributed by atoms with E-state index in [0.717, 1.165) is 65.6 Å². The quantitative estimate of drug-likeness (QED) is 0.148. The molecule has 0 amide bonds. The number of benzene rings is 9. The highest BCUT2D eigenvalue weighted by Crippen LogP contribution is 2.56. The largest absolute Gasteiger partial charge is 0.440 e. The van der Waals surface area contributed by atoms with Crippen molar-refractivity contribution in [3.63, 3.8) is 0 Å². The van der Waals surface area contributed by atoms with E-state index in [1.54, 1.807) is 0 Å². The number of furan rings is 1. The number of rotatable bonds is 7. The van der Waals surface area contributed by atoms with Gasteiger partial charge in [0.2, 0.25) is 5.88 Å². The van der Waals surface area contributed by atoms with Crippen molar-refractivity contribution >= 4 is 74.4 Å². The van der Waals surface area contributed by atoms with Gasteiger partial charge in [0, 0.05) is 56.1 Å². The van der Waals surface area contributed by atoms with Crippen molar-refractivity contribution in [2.24, 2.45) is 0 Å². The predicted octanol–water partition coefficient (Wildman–Crippen LogP) is 23.5. The Kier molecular flexibility index (Phi) is 14.0. The maximum absolute atomic E-state index is 7.96. The molecule has 14 rings (SSSR count). The van der Waals surface area contributed by atoms with Gasteiger partial charge in [-0.3, -0.25) is 4.90 Å². The summed E-state index contributed by atoms with van der Waals surface area (Å²) in [6, 6.07) is 66.9. The van der Waals surface area contributed by atoms with Crippen LogP contribution in [-0.4, -0.2) is 6.85 Å². The summed E-state index contributed by atoms with van der Waals surface area (Å²) in [5.41, 5.74) is 31.9. The van der Waals surface area contributed by atoms with Gasteiger partial charge in [-0.2, -0.15) is 0 Å². The lowest BCUT2D eigenvalue weighted by Crippen LogP contribution is -2.61. The lowest BCUT2D eigenvalue weighted by atomic mass is 9.43. The maximum atomic E-state index is 7.96. The maximum Gasteiger partial charge on any atom is 0.337 e. The molecule has 5 heteroatoms. The van der Waals surface area contributed by atoms with Crippen molar-refractivity contribution in [1.29, 1.82) is 0 Å². The molecular formula is C87H96BN3O. The highest BCUT2D eigenvalue weighted by atomic mass is 16.4. The van der Waals surface area contributed by atoms with Crippen LogP contribution in [0.3, 0.4) is 0 Å². The zero-order valence-electron chi connectivity index (χ0n) is 58.8. The number of hydrogen-bond acceptors (Lipinski definition) is 4. The molecule has 0 bridgehead atoms. The molecule has 0 fully saturated rings. The van der Waals surface area contributed by atoms with Gasteiger partial charge in [0.1, 0.15) is 5.58 Å². The summed E-state index contributed by atoms with van der Waals surface area (Å²) in [5, 5.41) is 1.19. The van der Waals surface area contributed by atoms with Gasteiger partial charge < -0.3 is 14.1 Å². The van der Waals surface area contributed by atoms with Crippen LogP contribution in [0.15, 0.2) is 174 Å². The zero-order valence-corrected chi connectivity index (χ0v) is 58.8. The number of nitrogens with zero attached hydrogens (tertiary/aromatic N) is 3. The number of fused-ring (bicyclic) bond motifs is 8. The van der Waals surface area contributed by atoms with Gasteiger partial charge in [0.15, 0.2) is 0 Å². The Labute approximate surface area is 551 Å². The van der Waals surface area contributed by atoms with E-state index in [2.05, 4.69) is 323 Å². The molecule has 3 heterocycles. The van der Waals surface area contributed by atoms with E-state index in [0.29, 0.717) is 0 Å². The first kappa shape index (κ1) is 61.5. The summed E-state index contributed by atoms with van der Waals surface area (Å²) >= 11 is 0. The van der Waals surface area contributed by atoms with E-state index >= 15 is 0 Å². The molecule has 0 spiro atoms. The van der Waals surface area contributed by atoms with E-state index in [1.807, 2.05) is 0 Å². The third kappa shape index (κ3) is 10.1. The molecule has 0 atom stereocenters. The summed E-state index contributed by atoms with van der Waals surface area (Å²) < 4.78 is 7.96.